The molecule has 2 aromatic rings. The first-order chi connectivity index (χ1) is 15.9. The van der Waals surface area contributed by atoms with Gasteiger partial charge in [0.2, 0.25) is 11.8 Å². The van der Waals surface area contributed by atoms with Gasteiger partial charge in [0, 0.05) is 27.2 Å². The molecule has 1 atom stereocenters. The zero-order chi connectivity index (χ0) is 25.6. The summed E-state index contributed by atoms with van der Waals surface area (Å²) in [5.74, 6) is -1.35. The minimum Gasteiger partial charge on any atom is -0.355 e. The Morgan fingerprint density at radius 1 is 1.06 bits per heavy atom. The van der Waals surface area contributed by atoms with E-state index in [4.69, 9.17) is 0 Å². The van der Waals surface area contributed by atoms with E-state index >= 15 is 0 Å². The number of benzene rings is 2. The third kappa shape index (κ3) is 6.54. The second-order valence-electron chi connectivity index (χ2n) is 8.31. The van der Waals surface area contributed by atoms with Crippen LogP contribution in [0.3, 0.4) is 0 Å². The fraction of sp³-hybridized carbons (Fsp3) is 0.417. The Morgan fingerprint density at radius 3 is 2.24 bits per heavy atom. The number of carbonyl (C=O) groups excluding carboxylic acids is 2. The summed E-state index contributed by atoms with van der Waals surface area (Å²) < 4.78 is 41.9. The van der Waals surface area contributed by atoms with E-state index in [9.17, 15) is 22.4 Å². The fourth-order valence-corrected chi connectivity index (χ4v) is 4.49. The molecule has 0 aromatic heterocycles. The maximum atomic E-state index is 13.6. The van der Waals surface area contributed by atoms with E-state index in [1.807, 2.05) is 13.0 Å². The highest BCUT2D eigenvalue weighted by Crippen LogP contribution is 2.26. The second kappa shape index (κ2) is 11.4. The Labute approximate surface area is 201 Å². The zero-order valence-electron chi connectivity index (χ0n) is 20.5. The van der Waals surface area contributed by atoms with Crippen molar-refractivity contribution in [2.75, 3.05) is 31.5 Å². The highest BCUT2D eigenvalue weighted by atomic mass is 32.2. The normalized spacial score (nSPS) is 12.4. The third-order valence-electron chi connectivity index (χ3n) is 5.44. The molecule has 0 aliphatic rings. The van der Waals surface area contributed by atoms with Gasteiger partial charge in [-0.25, -0.2) is 8.70 Å². The minimum absolute atomic E-state index is 0.0140. The number of likely N-dealkylation sites (N-methyl/N-ethyl adjacent to an activating group) is 1. The molecule has 0 fully saturated rings. The average Bonchev–Trinajstić information content (AvgIpc) is 2.78. The Bertz CT molecular complexity index is 1120. The van der Waals surface area contributed by atoms with Gasteiger partial charge in [-0.2, -0.15) is 12.7 Å². The highest BCUT2D eigenvalue weighted by molar-refractivity contribution is 7.90. The third-order valence-corrected chi connectivity index (χ3v) is 7.24. The van der Waals surface area contributed by atoms with Crippen molar-refractivity contribution in [2.24, 2.45) is 0 Å². The quantitative estimate of drug-likeness (QED) is 0.552. The van der Waals surface area contributed by atoms with Crippen molar-refractivity contribution in [1.82, 2.24) is 14.5 Å². The topological polar surface area (TPSA) is 90.0 Å². The largest absolute Gasteiger partial charge is 0.355 e. The number of nitrogens with zero attached hydrogens (tertiary/aromatic N) is 3. The summed E-state index contributed by atoms with van der Waals surface area (Å²) in [7, 11) is -1.24. The van der Waals surface area contributed by atoms with Gasteiger partial charge in [-0.15, -0.1) is 0 Å². The Balaban J connectivity index is 2.49. The standard InChI is InChI=1S/C24H33FN4O4S/c1-7-26-24(31)19(4)28(15-20-10-12-21(25)13-11-20)23(30)16-29(34(32,33)27(5)6)22-14-17(2)8-9-18(22)3/h8-14,19H,7,15-16H2,1-6H3,(H,26,31)/t19-/m0/s1. The van der Waals surface area contributed by atoms with E-state index in [-0.39, 0.29) is 12.5 Å². The first kappa shape index (κ1) is 27.3. The average molecular weight is 493 g/mol. The molecule has 186 valence electrons. The van der Waals surface area contributed by atoms with Crippen LogP contribution in [0.2, 0.25) is 0 Å². The molecule has 0 bridgehead atoms. The molecule has 2 aromatic carbocycles. The van der Waals surface area contributed by atoms with Crippen LogP contribution in [0.15, 0.2) is 42.5 Å². The van der Waals surface area contributed by atoms with Crippen LogP contribution in [0.1, 0.15) is 30.5 Å². The van der Waals surface area contributed by atoms with E-state index in [2.05, 4.69) is 5.32 Å². The summed E-state index contributed by atoms with van der Waals surface area (Å²) in [6.45, 7) is 6.84. The summed E-state index contributed by atoms with van der Waals surface area (Å²) in [4.78, 5) is 27.5. The van der Waals surface area contributed by atoms with Crippen LogP contribution in [0, 0.1) is 19.7 Å². The molecule has 8 nitrogen and oxygen atoms in total. The van der Waals surface area contributed by atoms with Gasteiger partial charge in [-0.05, 0) is 62.6 Å². The van der Waals surface area contributed by atoms with Gasteiger partial charge < -0.3 is 10.2 Å². The van der Waals surface area contributed by atoms with E-state index in [0.717, 1.165) is 14.2 Å². The van der Waals surface area contributed by atoms with Gasteiger partial charge in [0.1, 0.15) is 18.4 Å². The van der Waals surface area contributed by atoms with Crippen molar-refractivity contribution >= 4 is 27.7 Å². The molecule has 0 saturated heterocycles. The first-order valence-electron chi connectivity index (χ1n) is 11.0. The molecular formula is C24H33FN4O4S. The van der Waals surface area contributed by atoms with Crippen LogP contribution in [-0.4, -0.2) is 62.7 Å². The lowest BCUT2D eigenvalue weighted by molar-refractivity contribution is -0.139. The predicted molar refractivity (Wildman–Crippen MR) is 131 cm³/mol. The Hall–Kier alpha value is -2.98. The van der Waals surface area contributed by atoms with E-state index in [0.29, 0.717) is 23.4 Å². The summed E-state index contributed by atoms with van der Waals surface area (Å²) >= 11 is 0. The lowest BCUT2D eigenvalue weighted by Crippen LogP contribution is -2.52. The highest BCUT2D eigenvalue weighted by Gasteiger charge is 2.33. The second-order valence-corrected chi connectivity index (χ2v) is 10.4. The maximum absolute atomic E-state index is 13.6. The molecule has 0 saturated carbocycles. The van der Waals surface area contributed by atoms with Crippen molar-refractivity contribution in [3.8, 4) is 0 Å². The smallest absolute Gasteiger partial charge is 0.304 e. The predicted octanol–water partition coefficient (Wildman–Crippen LogP) is 2.61. The number of anilines is 1. The van der Waals surface area contributed by atoms with Gasteiger partial charge in [0.05, 0.1) is 5.69 Å². The number of aryl methyl sites for hydroxylation is 2. The lowest BCUT2D eigenvalue weighted by Gasteiger charge is -2.33. The van der Waals surface area contributed by atoms with E-state index < -0.39 is 34.5 Å². The molecular weight excluding hydrogens is 459 g/mol. The van der Waals surface area contributed by atoms with Crippen molar-refractivity contribution in [3.63, 3.8) is 0 Å². The molecule has 0 aliphatic heterocycles. The van der Waals surface area contributed by atoms with Crippen molar-refractivity contribution in [3.05, 3.63) is 65.0 Å². The van der Waals surface area contributed by atoms with Crippen LogP contribution in [0.4, 0.5) is 10.1 Å². The van der Waals surface area contributed by atoms with Gasteiger partial charge in [0.15, 0.2) is 0 Å². The summed E-state index contributed by atoms with van der Waals surface area (Å²) in [6, 6.07) is 10.1. The minimum atomic E-state index is -4.03. The Morgan fingerprint density at radius 2 is 1.68 bits per heavy atom. The maximum Gasteiger partial charge on any atom is 0.304 e. The summed E-state index contributed by atoms with van der Waals surface area (Å²) in [6.07, 6.45) is 0. The number of amides is 2. The Kier molecular flexibility index (Phi) is 9.17. The molecule has 0 radical (unpaired) electrons. The zero-order valence-corrected chi connectivity index (χ0v) is 21.3. The summed E-state index contributed by atoms with van der Waals surface area (Å²) in [5.41, 5.74) is 2.52. The van der Waals surface area contributed by atoms with Gasteiger partial charge >= 0.3 is 10.2 Å². The van der Waals surface area contributed by atoms with Crippen LogP contribution in [-0.2, 0) is 26.3 Å². The van der Waals surface area contributed by atoms with Gasteiger partial charge in [0.25, 0.3) is 0 Å². The fourth-order valence-electron chi connectivity index (χ4n) is 3.38. The molecule has 0 unspecified atom stereocenters. The van der Waals surface area contributed by atoms with Crippen LogP contribution in [0.25, 0.3) is 0 Å². The lowest BCUT2D eigenvalue weighted by atomic mass is 10.1. The van der Waals surface area contributed by atoms with Crippen molar-refractivity contribution < 1.29 is 22.4 Å². The number of hydrogen-bond acceptors (Lipinski definition) is 4. The van der Waals surface area contributed by atoms with Crippen LogP contribution < -0.4 is 9.62 Å². The van der Waals surface area contributed by atoms with Crippen molar-refractivity contribution in [1.29, 1.82) is 0 Å². The first-order valence-corrected chi connectivity index (χ1v) is 12.4. The molecule has 10 heteroatoms. The molecule has 0 aliphatic carbocycles. The summed E-state index contributed by atoms with van der Waals surface area (Å²) in [5, 5.41) is 2.69. The number of nitrogens with one attached hydrogen (secondary N) is 1. The molecule has 0 spiro atoms. The molecule has 2 amide bonds. The van der Waals surface area contributed by atoms with Gasteiger partial charge in [-0.3, -0.25) is 9.59 Å². The number of hydrogen-bond donors (Lipinski definition) is 1. The monoisotopic (exact) mass is 492 g/mol. The number of rotatable bonds is 10. The van der Waals surface area contributed by atoms with Crippen LogP contribution >= 0.6 is 0 Å². The van der Waals surface area contributed by atoms with E-state index in [1.165, 1.54) is 43.3 Å². The molecule has 2 rings (SSSR count). The number of carbonyl (C=O) groups is 2. The SMILES string of the molecule is CCNC(=O)[C@H](C)N(Cc1ccc(F)cc1)C(=O)CN(c1cc(C)ccc1C)S(=O)(=O)N(C)C. The van der Waals surface area contributed by atoms with Crippen molar-refractivity contribution in [2.45, 2.75) is 40.3 Å². The number of halogens is 1. The van der Waals surface area contributed by atoms with E-state index in [1.54, 1.807) is 32.9 Å². The van der Waals surface area contributed by atoms with Crippen LogP contribution in [0.5, 0.6) is 0 Å². The van der Waals surface area contributed by atoms with Gasteiger partial charge in [-0.1, -0.05) is 24.3 Å². The molecule has 0 heterocycles. The molecule has 1 N–H and O–H groups in total. The molecule has 34 heavy (non-hydrogen) atoms.